The Morgan fingerprint density at radius 2 is 2.22 bits per heavy atom. The van der Waals surface area contributed by atoms with Gasteiger partial charge < -0.3 is 5.32 Å². The van der Waals surface area contributed by atoms with Crippen molar-refractivity contribution >= 4 is 5.69 Å². The minimum Gasteiger partial charge on any atom is -0.382 e. The van der Waals surface area contributed by atoms with Crippen LogP contribution in [-0.4, -0.2) is 26.2 Å². The standard InChI is InChI=1S/C13H19N5/c1-3-6-11(4-2)15-12-7-5-8-13(9-12)18-10-14-16-17-18/h5,7-11,15H,3-4,6H2,1-2H3. The Morgan fingerprint density at radius 1 is 1.33 bits per heavy atom. The molecule has 2 aromatic rings. The van der Waals surface area contributed by atoms with E-state index < -0.39 is 0 Å². The zero-order valence-corrected chi connectivity index (χ0v) is 10.9. The highest BCUT2D eigenvalue weighted by molar-refractivity contribution is 5.51. The number of rotatable bonds is 6. The lowest BCUT2D eigenvalue weighted by Crippen LogP contribution is -2.18. The van der Waals surface area contributed by atoms with Crippen molar-refractivity contribution < 1.29 is 0 Å². The molecule has 1 heterocycles. The van der Waals surface area contributed by atoms with Crippen LogP contribution in [0.2, 0.25) is 0 Å². The van der Waals surface area contributed by atoms with E-state index in [4.69, 9.17) is 0 Å². The monoisotopic (exact) mass is 245 g/mol. The molecule has 2 rings (SSSR count). The molecule has 0 aliphatic rings. The summed E-state index contributed by atoms with van der Waals surface area (Å²) in [5, 5.41) is 14.7. The lowest BCUT2D eigenvalue weighted by atomic mass is 10.1. The van der Waals surface area contributed by atoms with Gasteiger partial charge in [-0.1, -0.05) is 26.3 Å². The van der Waals surface area contributed by atoms with Crippen LogP contribution in [0.25, 0.3) is 5.69 Å². The van der Waals surface area contributed by atoms with Gasteiger partial charge in [-0.05, 0) is 41.5 Å². The molecule has 0 fully saturated rings. The zero-order valence-electron chi connectivity index (χ0n) is 10.9. The van der Waals surface area contributed by atoms with E-state index in [1.165, 1.54) is 12.8 Å². The SMILES string of the molecule is CCCC(CC)Nc1cccc(-n2cnnn2)c1. The Bertz CT molecular complexity index is 466. The Balaban J connectivity index is 2.12. The number of hydrogen-bond acceptors (Lipinski definition) is 4. The molecule has 0 saturated carbocycles. The van der Waals surface area contributed by atoms with Crippen LogP contribution in [0.1, 0.15) is 33.1 Å². The Kier molecular flexibility index (Phi) is 4.28. The number of benzene rings is 1. The number of hydrogen-bond donors (Lipinski definition) is 1. The summed E-state index contributed by atoms with van der Waals surface area (Å²) in [6.07, 6.45) is 5.11. The number of aromatic nitrogens is 4. The molecule has 1 aromatic carbocycles. The number of nitrogens with one attached hydrogen (secondary N) is 1. The van der Waals surface area contributed by atoms with E-state index in [2.05, 4.69) is 46.8 Å². The average Bonchev–Trinajstić information content (AvgIpc) is 2.92. The van der Waals surface area contributed by atoms with Crippen molar-refractivity contribution in [2.75, 3.05) is 5.32 Å². The molecule has 0 amide bonds. The van der Waals surface area contributed by atoms with Gasteiger partial charge in [-0.3, -0.25) is 0 Å². The molecule has 18 heavy (non-hydrogen) atoms. The van der Waals surface area contributed by atoms with Gasteiger partial charge in [-0.15, -0.1) is 5.10 Å². The molecule has 1 unspecified atom stereocenters. The maximum absolute atomic E-state index is 3.89. The largest absolute Gasteiger partial charge is 0.382 e. The second kappa shape index (κ2) is 6.14. The van der Waals surface area contributed by atoms with Gasteiger partial charge in [0.25, 0.3) is 0 Å². The molecule has 0 aliphatic carbocycles. The van der Waals surface area contributed by atoms with E-state index in [0.29, 0.717) is 6.04 Å². The van der Waals surface area contributed by atoms with Crippen molar-refractivity contribution in [3.8, 4) is 5.69 Å². The van der Waals surface area contributed by atoms with Crippen molar-refractivity contribution in [3.05, 3.63) is 30.6 Å². The maximum Gasteiger partial charge on any atom is 0.143 e. The van der Waals surface area contributed by atoms with Crippen LogP contribution < -0.4 is 5.32 Å². The van der Waals surface area contributed by atoms with Gasteiger partial charge in [-0.25, -0.2) is 4.68 Å². The summed E-state index contributed by atoms with van der Waals surface area (Å²) in [7, 11) is 0. The van der Waals surface area contributed by atoms with Gasteiger partial charge in [0.1, 0.15) is 6.33 Å². The highest BCUT2D eigenvalue weighted by Crippen LogP contribution is 2.16. The molecule has 5 nitrogen and oxygen atoms in total. The van der Waals surface area contributed by atoms with Gasteiger partial charge in [0.15, 0.2) is 0 Å². The summed E-state index contributed by atoms with van der Waals surface area (Å²) in [5.41, 5.74) is 2.08. The van der Waals surface area contributed by atoms with Crippen molar-refractivity contribution in [3.63, 3.8) is 0 Å². The minimum absolute atomic E-state index is 0.527. The van der Waals surface area contributed by atoms with E-state index in [1.54, 1.807) is 11.0 Å². The van der Waals surface area contributed by atoms with Gasteiger partial charge >= 0.3 is 0 Å². The first-order valence-electron chi connectivity index (χ1n) is 6.43. The van der Waals surface area contributed by atoms with Crippen LogP contribution >= 0.6 is 0 Å². The molecule has 0 radical (unpaired) electrons. The molecule has 96 valence electrons. The predicted molar refractivity (Wildman–Crippen MR) is 71.8 cm³/mol. The van der Waals surface area contributed by atoms with Crippen molar-refractivity contribution in [1.29, 1.82) is 0 Å². The normalized spacial score (nSPS) is 12.3. The molecule has 0 bridgehead atoms. The van der Waals surface area contributed by atoms with Crippen LogP contribution in [0.4, 0.5) is 5.69 Å². The maximum atomic E-state index is 3.89. The smallest absolute Gasteiger partial charge is 0.143 e. The van der Waals surface area contributed by atoms with Crippen LogP contribution in [0.3, 0.4) is 0 Å². The van der Waals surface area contributed by atoms with E-state index in [-0.39, 0.29) is 0 Å². The van der Waals surface area contributed by atoms with Crippen LogP contribution in [0, 0.1) is 0 Å². The summed E-state index contributed by atoms with van der Waals surface area (Å²) in [6, 6.07) is 8.67. The van der Waals surface area contributed by atoms with Crippen LogP contribution in [-0.2, 0) is 0 Å². The fourth-order valence-corrected chi connectivity index (χ4v) is 1.98. The first-order chi connectivity index (χ1) is 8.83. The third-order valence-electron chi connectivity index (χ3n) is 2.96. The van der Waals surface area contributed by atoms with Gasteiger partial charge in [-0.2, -0.15) is 0 Å². The lowest BCUT2D eigenvalue weighted by Gasteiger charge is -2.17. The first-order valence-corrected chi connectivity index (χ1v) is 6.43. The Morgan fingerprint density at radius 3 is 2.89 bits per heavy atom. The summed E-state index contributed by atoms with van der Waals surface area (Å²) in [4.78, 5) is 0. The zero-order chi connectivity index (χ0) is 12.8. The fraction of sp³-hybridized carbons (Fsp3) is 0.462. The summed E-state index contributed by atoms with van der Waals surface area (Å²) < 4.78 is 1.66. The molecule has 0 spiro atoms. The molecule has 0 aliphatic heterocycles. The van der Waals surface area contributed by atoms with Gasteiger partial charge in [0.2, 0.25) is 0 Å². The Hall–Kier alpha value is -1.91. The molecular weight excluding hydrogens is 226 g/mol. The molecule has 0 saturated heterocycles. The number of anilines is 1. The highest BCUT2D eigenvalue weighted by Gasteiger charge is 2.05. The predicted octanol–water partition coefficient (Wildman–Crippen LogP) is 2.65. The third-order valence-corrected chi connectivity index (χ3v) is 2.96. The second-order valence-electron chi connectivity index (χ2n) is 4.34. The van der Waals surface area contributed by atoms with E-state index >= 15 is 0 Å². The van der Waals surface area contributed by atoms with Crippen molar-refractivity contribution in [2.45, 2.75) is 39.2 Å². The van der Waals surface area contributed by atoms with Gasteiger partial charge in [0.05, 0.1) is 5.69 Å². The summed E-state index contributed by atoms with van der Waals surface area (Å²) in [5.74, 6) is 0. The van der Waals surface area contributed by atoms with E-state index in [9.17, 15) is 0 Å². The highest BCUT2D eigenvalue weighted by atomic mass is 15.5. The van der Waals surface area contributed by atoms with E-state index in [1.807, 2.05) is 12.1 Å². The molecule has 5 heteroatoms. The second-order valence-corrected chi connectivity index (χ2v) is 4.34. The van der Waals surface area contributed by atoms with Gasteiger partial charge in [0, 0.05) is 11.7 Å². The number of tetrazole rings is 1. The fourth-order valence-electron chi connectivity index (χ4n) is 1.98. The molecule has 1 atom stereocenters. The van der Waals surface area contributed by atoms with Crippen molar-refractivity contribution in [1.82, 2.24) is 20.2 Å². The van der Waals surface area contributed by atoms with Crippen LogP contribution in [0.5, 0.6) is 0 Å². The average molecular weight is 245 g/mol. The molecule has 1 aromatic heterocycles. The lowest BCUT2D eigenvalue weighted by molar-refractivity contribution is 0.622. The quantitative estimate of drug-likeness (QED) is 0.850. The number of nitrogens with zero attached hydrogens (tertiary/aromatic N) is 4. The Labute approximate surface area is 107 Å². The summed E-state index contributed by atoms with van der Waals surface area (Å²) >= 11 is 0. The van der Waals surface area contributed by atoms with Crippen molar-refractivity contribution in [2.24, 2.45) is 0 Å². The third kappa shape index (κ3) is 3.06. The summed E-state index contributed by atoms with van der Waals surface area (Å²) in [6.45, 7) is 4.42. The first kappa shape index (κ1) is 12.5. The topological polar surface area (TPSA) is 55.6 Å². The molecular formula is C13H19N5. The van der Waals surface area contributed by atoms with E-state index in [0.717, 1.165) is 17.8 Å². The molecule has 1 N–H and O–H groups in total. The van der Waals surface area contributed by atoms with Crippen LogP contribution in [0.15, 0.2) is 30.6 Å². The minimum atomic E-state index is 0.527.